The molecule has 0 unspecified atom stereocenters. The summed E-state index contributed by atoms with van der Waals surface area (Å²) >= 11 is 9.36. The highest BCUT2D eigenvalue weighted by Crippen LogP contribution is 2.30. The monoisotopic (exact) mass is 321 g/mol. The average Bonchev–Trinajstić information content (AvgIpc) is 2.36. The van der Waals surface area contributed by atoms with E-state index in [0.29, 0.717) is 22.0 Å². The number of hydrogen-bond donors (Lipinski definition) is 2. The second-order valence-corrected chi connectivity index (χ2v) is 4.96. The molecule has 0 atom stereocenters. The molecule has 90 valence electrons. The molecule has 3 N–H and O–H groups in total. The summed E-state index contributed by atoms with van der Waals surface area (Å²) in [6, 6.07) is 12.6. The summed E-state index contributed by atoms with van der Waals surface area (Å²) in [5.41, 5.74) is 8.17. The number of nitrogens with zero attached hydrogens (tertiary/aromatic N) is 1. The van der Waals surface area contributed by atoms with Crippen molar-refractivity contribution < 1.29 is 0 Å². The molecular formula is C13H9BrClN3. The molecule has 0 radical (unpaired) electrons. The van der Waals surface area contributed by atoms with E-state index in [4.69, 9.17) is 22.6 Å². The van der Waals surface area contributed by atoms with Crippen molar-refractivity contribution in [2.24, 2.45) is 0 Å². The van der Waals surface area contributed by atoms with Crippen molar-refractivity contribution in [3.8, 4) is 6.07 Å². The van der Waals surface area contributed by atoms with E-state index in [2.05, 4.69) is 27.3 Å². The summed E-state index contributed by atoms with van der Waals surface area (Å²) in [5, 5.41) is 12.8. The Balaban J connectivity index is 2.40. The fourth-order valence-corrected chi connectivity index (χ4v) is 2.02. The number of nitrogen functional groups attached to an aromatic ring is 1. The van der Waals surface area contributed by atoms with E-state index in [1.165, 1.54) is 0 Å². The van der Waals surface area contributed by atoms with Gasteiger partial charge in [0.2, 0.25) is 0 Å². The van der Waals surface area contributed by atoms with Crippen LogP contribution in [0.1, 0.15) is 5.56 Å². The summed E-state index contributed by atoms with van der Waals surface area (Å²) in [5.74, 6) is 0. The zero-order chi connectivity index (χ0) is 13.1. The summed E-state index contributed by atoms with van der Waals surface area (Å²) in [6.07, 6.45) is 0. The van der Waals surface area contributed by atoms with Gasteiger partial charge < -0.3 is 11.1 Å². The predicted octanol–water partition coefficient (Wildman–Crippen LogP) is 4.30. The molecule has 18 heavy (non-hydrogen) atoms. The molecule has 2 aromatic carbocycles. The normalized spacial score (nSPS) is 9.83. The minimum absolute atomic E-state index is 0.488. The van der Waals surface area contributed by atoms with Gasteiger partial charge in [0.15, 0.2) is 0 Å². The Labute approximate surface area is 118 Å². The smallest absolute Gasteiger partial charge is 0.101 e. The van der Waals surface area contributed by atoms with Crippen LogP contribution in [0.25, 0.3) is 0 Å². The van der Waals surface area contributed by atoms with Gasteiger partial charge in [0.25, 0.3) is 0 Å². The number of nitrogens with one attached hydrogen (secondary N) is 1. The summed E-state index contributed by atoms with van der Waals surface area (Å²) in [6.45, 7) is 0. The number of benzene rings is 2. The molecule has 2 rings (SSSR count). The lowest BCUT2D eigenvalue weighted by atomic mass is 10.1. The molecule has 0 saturated carbocycles. The minimum atomic E-state index is 0.488. The molecule has 0 aliphatic carbocycles. The fourth-order valence-electron chi connectivity index (χ4n) is 1.50. The largest absolute Gasteiger partial charge is 0.399 e. The molecule has 0 aliphatic rings. The van der Waals surface area contributed by atoms with Crippen LogP contribution in [0.15, 0.2) is 40.9 Å². The first-order chi connectivity index (χ1) is 8.60. The van der Waals surface area contributed by atoms with Crippen molar-refractivity contribution in [2.45, 2.75) is 0 Å². The number of hydrogen-bond acceptors (Lipinski definition) is 3. The molecule has 0 saturated heterocycles. The Bertz CT molecular complexity index is 635. The van der Waals surface area contributed by atoms with Gasteiger partial charge in [0.1, 0.15) is 6.07 Å². The van der Waals surface area contributed by atoms with Gasteiger partial charge in [-0.2, -0.15) is 5.26 Å². The third-order valence-corrected chi connectivity index (χ3v) is 3.29. The number of nitrogens with two attached hydrogens (primary N) is 1. The van der Waals surface area contributed by atoms with Gasteiger partial charge in [0, 0.05) is 15.2 Å². The quantitative estimate of drug-likeness (QED) is 0.810. The summed E-state index contributed by atoms with van der Waals surface area (Å²) in [7, 11) is 0. The highest BCUT2D eigenvalue weighted by atomic mass is 79.9. The molecule has 0 aromatic heterocycles. The van der Waals surface area contributed by atoms with Crippen LogP contribution in [0.5, 0.6) is 0 Å². The molecule has 0 heterocycles. The van der Waals surface area contributed by atoms with E-state index >= 15 is 0 Å². The van der Waals surface area contributed by atoms with E-state index in [9.17, 15) is 0 Å². The molecule has 0 fully saturated rings. The summed E-state index contributed by atoms with van der Waals surface area (Å²) < 4.78 is 0.868. The number of halogens is 2. The Kier molecular flexibility index (Phi) is 3.75. The first-order valence-corrected chi connectivity index (χ1v) is 6.29. The third kappa shape index (κ3) is 2.76. The van der Waals surface area contributed by atoms with Crippen LogP contribution in [0, 0.1) is 11.3 Å². The Hall–Kier alpha value is -1.70. The van der Waals surface area contributed by atoms with Crippen LogP contribution < -0.4 is 11.1 Å². The summed E-state index contributed by atoms with van der Waals surface area (Å²) in [4.78, 5) is 0. The second kappa shape index (κ2) is 5.30. The molecule has 0 spiro atoms. The molecular weight excluding hydrogens is 314 g/mol. The van der Waals surface area contributed by atoms with Crippen LogP contribution in [-0.4, -0.2) is 0 Å². The lowest BCUT2D eigenvalue weighted by Crippen LogP contribution is -1.96. The molecule has 5 heteroatoms. The predicted molar refractivity (Wildman–Crippen MR) is 78.0 cm³/mol. The van der Waals surface area contributed by atoms with E-state index in [1.807, 2.05) is 6.07 Å². The van der Waals surface area contributed by atoms with Gasteiger partial charge in [0.05, 0.1) is 16.9 Å². The van der Waals surface area contributed by atoms with Crippen molar-refractivity contribution in [1.29, 1.82) is 5.26 Å². The van der Waals surface area contributed by atoms with E-state index in [-0.39, 0.29) is 0 Å². The third-order valence-electron chi connectivity index (χ3n) is 2.36. The second-order valence-electron chi connectivity index (χ2n) is 3.67. The minimum Gasteiger partial charge on any atom is -0.399 e. The van der Waals surface area contributed by atoms with Gasteiger partial charge in [-0.3, -0.25) is 0 Å². The Morgan fingerprint density at radius 2 is 1.94 bits per heavy atom. The van der Waals surface area contributed by atoms with Crippen LogP contribution in [0.4, 0.5) is 17.1 Å². The zero-order valence-electron chi connectivity index (χ0n) is 9.24. The van der Waals surface area contributed by atoms with Gasteiger partial charge in [-0.05, 0) is 52.3 Å². The van der Waals surface area contributed by atoms with Crippen molar-refractivity contribution in [3.63, 3.8) is 0 Å². The molecule has 3 nitrogen and oxygen atoms in total. The molecule has 0 bridgehead atoms. The topological polar surface area (TPSA) is 61.8 Å². The van der Waals surface area contributed by atoms with Gasteiger partial charge in [-0.25, -0.2) is 0 Å². The Morgan fingerprint density at radius 3 is 2.67 bits per heavy atom. The lowest BCUT2D eigenvalue weighted by Gasteiger charge is -2.11. The molecule has 2 aromatic rings. The first kappa shape index (κ1) is 12.7. The van der Waals surface area contributed by atoms with Crippen LogP contribution in [0.2, 0.25) is 5.02 Å². The maximum Gasteiger partial charge on any atom is 0.101 e. The molecule has 0 aliphatic heterocycles. The van der Waals surface area contributed by atoms with Crippen molar-refractivity contribution in [3.05, 3.63) is 51.5 Å². The van der Waals surface area contributed by atoms with Crippen LogP contribution in [-0.2, 0) is 0 Å². The number of anilines is 3. The SMILES string of the molecule is N#Cc1cc(N)ccc1Nc1cc(Cl)ccc1Br. The number of rotatable bonds is 2. The van der Waals surface area contributed by atoms with Crippen molar-refractivity contribution in [2.75, 3.05) is 11.1 Å². The van der Waals surface area contributed by atoms with E-state index < -0.39 is 0 Å². The highest BCUT2D eigenvalue weighted by molar-refractivity contribution is 9.10. The van der Waals surface area contributed by atoms with Crippen molar-refractivity contribution in [1.82, 2.24) is 0 Å². The van der Waals surface area contributed by atoms with Gasteiger partial charge in [-0.15, -0.1) is 0 Å². The molecule has 0 amide bonds. The highest BCUT2D eigenvalue weighted by Gasteiger charge is 2.06. The van der Waals surface area contributed by atoms with Crippen LogP contribution >= 0.6 is 27.5 Å². The fraction of sp³-hybridized carbons (Fsp3) is 0. The maximum absolute atomic E-state index is 9.06. The lowest BCUT2D eigenvalue weighted by molar-refractivity contribution is 1.45. The Morgan fingerprint density at radius 1 is 1.17 bits per heavy atom. The van der Waals surface area contributed by atoms with Crippen molar-refractivity contribution >= 4 is 44.6 Å². The number of nitriles is 1. The first-order valence-electron chi connectivity index (χ1n) is 5.12. The van der Waals surface area contributed by atoms with E-state index in [1.54, 1.807) is 30.3 Å². The standard InChI is InChI=1S/C13H9BrClN3/c14-11-3-1-9(15)6-13(11)18-12-4-2-10(17)5-8(12)7-16/h1-6,18H,17H2. The zero-order valence-corrected chi connectivity index (χ0v) is 11.6. The maximum atomic E-state index is 9.06. The van der Waals surface area contributed by atoms with E-state index in [0.717, 1.165) is 10.2 Å². The van der Waals surface area contributed by atoms with Crippen LogP contribution in [0.3, 0.4) is 0 Å². The van der Waals surface area contributed by atoms with Gasteiger partial charge >= 0.3 is 0 Å². The average molecular weight is 323 g/mol. The van der Waals surface area contributed by atoms with Gasteiger partial charge in [-0.1, -0.05) is 11.6 Å².